The van der Waals surface area contributed by atoms with Crippen LogP contribution in [0.2, 0.25) is 0 Å². The molecule has 16 heteroatoms. The van der Waals surface area contributed by atoms with E-state index in [1.807, 2.05) is 6.92 Å². The Bertz CT molecular complexity index is 1610. The number of imidazole rings is 1. The Kier molecular flexibility index (Phi) is 9.44. The lowest BCUT2D eigenvalue weighted by molar-refractivity contribution is -0.137. The van der Waals surface area contributed by atoms with Crippen molar-refractivity contribution in [1.82, 2.24) is 19.4 Å². The third-order valence-electron chi connectivity index (χ3n) is 7.14. The van der Waals surface area contributed by atoms with Crippen LogP contribution < -0.4 is 14.8 Å². The zero-order valence-corrected chi connectivity index (χ0v) is 25.2. The van der Waals surface area contributed by atoms with Crippen molar-refractivity contribution < 1.29 is 41.0 Å². The zero-order chi connectivity index (χ0) is 32.4. The van der Waals surface area contributed by atoms with Crippen molar-refractivity contribution in [3.8, 4) is 5.75 Å². The summed E-state index contributed by atoms with van der Waals surface area (Å²) >= 11 is 0. The van der Waals surface area contributed by atoms with E-state index in [2.05, 4.69) is 15.0 Å². The Morgan fingerprint density at radius 1 is 1.20 bits per heavy atom. The number of anilines is 2. The highest BCUT2D eigenvalue weighted by atomic mass is 32.2. The van der Waals surface area contributed by atoms with Crippen LogP contribution in [0.4, 0.5) is 29.3 Å². The lowest BCUT2D eigenvalue weighted by atomic mass is 9.99. The number of aliphatic hydroxyl groups excluding tert-OH is 1. The number of aromatic nitrogens is 2. The molecule has 3 aromatic rings. The Labute approximate surface area is 252 Å². The molecule has 44 heavy (non-hydrogen) atoms. The van der Waals surface area contributed by atoms with Gasteiger partial charge in [0.05, 0.1) is 36.6 Å². The van der Waals surface area contributed by atoms with Gasteiger partial charge in [-0.3, -0.25) is 9.52 Å². The van der Waals surface area contributed by atoms with Crippen LogP contribution in [-0.2, 0) is 23.2 Å². The van der Waals surface area contributed by atoms with Crippen molar-refractivity contribution in [3.63, 3.8) is 0 Å². The number of aliphatic hydroxyl groups is 1. The summed E-state index contributed by atoms with van der Waals surface area (Å²) < 4.78 is 74.4. The number of halogens is 3. The van der Waals surface area contributed by atoms with Crippen molar-refractivity contribution in [2.45, 2.75) is 37.2 Å². The summed E-state index contributed by atoms with van der Waals surface area (Å²) in [5.74, 6) is -0.692. The van der Waals surface area contributed by atoms with Crippen molar-refractivity contribution in [2.24, 2.45) is 13.0 Å². The van der Waals surface area contributed by atoms with Crippen molar-refractivity contribution >= 4 is 33.3 Å². The molecule has 2 heterocycles. The molecule has 0 unspecified atom stereocenters. The number of amides is 3. The second-order valence-corrected chi connectivity index (χ2v) is 12.3. The number of carbonyl (C=O) groups is 2. The zero-order valence-electron chi connectivity index (χ0n) is 24.4. The maximum Gasteiger partial charge on any atom is 0.416 e. The smallest absolute Gasteiger partial charge is 0.416 e. The molecule has 4 rings (SSSR count). The fourth-order valence-corrected chi connectivity index (χ4v) is 5.59. The molecular weight excluding hydrogens is 605 g/mol. The summed E-state index contributed by atoms with van der Waals surface area (Å²) in [6, 6.07) is 7.05. The quantitative estimate of drug-likeness (QED) is 0.342. The molecule has 3 N–H and O–H groups in total. The lowest BCUT2D eigenvalue weighted by Crippen LogP contribution is -2.50. The summed E-state index contributed by atoms with van der Waals surface area (Å²) in [5.41, 5.74) is -0.550. The lowest BCUT2D eigenvalue weighted by Gasteiger charge is -2.38. The minimum Gasteiger partial charge on any atom is -0.487 e. The predicted octanol–water partition coefficient (Wildman–Crippen LogP) is 3.62. The molecule has 1 aromatic heterocycles. The molecule has 12 nitrogen and oxygen atoms in total. The van der Waals surface area contributed by atoms with Crippen LogP contribution in [0.5, 0.6) is 5.75 Å². The maximum absolute atomic E-state index is 13.6. The van der Waals surface area contributed by atoms with Gasteiger partial charge in [-0.15, -0.1) is 0 Å². The summed E-state index contributed by atoms with van der Waals surface area (Å²) in [7, 11) is -0.950. The summed E-state index contributed by atoms with van der Waals surface area (Å²) in [6.07, 6.45) is -2.52. The van der Waals surface area contributed by atoms with E-state index < -0.39 is 45.8 Å². The van der Waals surface area contributed by atoms with Gasteiger partial charge in [-0.1, -0.05) is 6.92 Å². The van der Waals surface area contributed by atoms with E-state index in [1.54, 1.807) is 14.0 Å². The number of aryl methyl sites for hydroxylation is 1. The molecule has 1 aliphatic heterocycles. The molecule has 3 amide bonds. The summed E-state index contributed by atoms with van der Waals surface area (Å²) in [4.78, 5) is 33.2. The number of likely N-dealkylation sites (N-methyl/N-ethyl adjacent to an activating group) is 1. The van der Waals surface area contributed by atoms with E-state index in [4.69, 9.17) is 4.74 Å². The van der Waals surface area contributed by atoms with Crippen molar-refractivity contribution in [2.75, 3.05) is 36.8 Å². The van der Waals surface area contributed by atoms with E-state index >= 15 is 0 Å². The first-order valence-electron chi connectivity index (χ1n) is 13.5. The van der Waals surface area contributed by atoms with Gasteiger partial charge < -0.3 is 29.5 Å². The van der Waals surface area contributed by atoms with Crippen LogP contribution in [0.1, 0.15) is 29.8 Å². The monoisotopic (exact) mass is 638 g/mol. The van der Waals surface area contributed by atoms with Crippen LogP contribution in [-0.4, -0.2) is 83.7 Å². The van der Waals surface area contributed by atoms with Crippen LogP contribution in [0.15, 0.2) is 60.0 Å². The fraction of sp³-hybridized carbons (Fsp3) is 0.393. The normalized spacial score (nSPS) is 18.0. The Hall–Kier alpha value is -4.31. The number of urea groups is 1. The Morgan fingerprint density at radius 3 is 2.45 bits per heavy atom. The van der Waals surface area contributed by atoms with E-state index in [1.165, 1.54) is 52.1 Å². The number of hydrogen-bond donors (Lipinski definition) is 3. The molecule has 0 bridgehead atoms. The summed E-state index contributed by atoms with van der Waals surface area (Å²) in [6.45, 7) is 3.32. The van der Waals surface area contributed by atoms with Gasteiger partial charge in [-0.2, -0.15) is 21.6 Å². The molecule has 1 aliphatic rings. The third kappa shape index (κ3) is 7.42. The highest BCUT2D eigenvalue weighted by Gasteiger charge is 2.35. The second-order valence-electron chi connectivity index (χ2n) is 10.7. The fourth-order valence-electron chi connectivity index (χ4n) is 4.55. The van der Waals surface area contributed by atoms with Gasteiger partial charge in [0.1, 0.15) is 11.9 Å². The Balaban J connectivity index is 1.57. The topological polar surface area (TPSA) is 146 Å². The van der Waals surface area contributed by atoms with Crippen molar-refractivity contribution in [1.29, 1.82) is 0 Å². The largest absolute Gasteiger partial charge is 0.487 e. The second kappa shape index (κ2) is 12.7. The molecule has 238 valence electrons. The van der Waals surface area contributed by atoms with Gasteiger partial charge in [0.25, 0.3) is 15.9 Å². The van der Waals surface area contributed by atoms with Crippen LogP contribution >= 0.6 is 0 Å². The van der Waals surface area contributed by atoms with Gasteiger partial charge in [-0.05, 0) is 49.4 Å². The standard InChI is InChI=1S/C28H33F3N6O6S/c1-17-12-37(18(2)15-38)26(39)22-11-21(34-44(41,42)25-14-35(3)16-32-25)9-10-23(22)43-24(17)13-36(4)27(40)33-20-7-5-19(6-8-20)28(29,30)31/h5-11,14,16-18,24,34,38H,12-13,15H2,1-4H3,(H,33,40)/t17-,18-,24+/m0/s1. The number of benzene rings is 2. The highest BCUT2D eigenvalue weighted by Crippen LogP contribution is 2.32. The SMILES string of the molecule is C[C@H]1CN([C@@H](C)CO)C(=O)c2cc(NS(=O)(=O)c3cn(C)cn3)ccc2O[C@@H]1CN(C)C(=O)Nc1ccc(C(F)(F)F)cc1. The highest BCUT2D eigenvalue weighted by molar-refractivity contribution is 7.92. The molecule has 0 fully saturated rings. The Morgan fingerprint density at radius 2 is 1.86 bits per heavy atom. The van der Waals surface area contributed by atoms with E-state index in [-0.39, 0.29) is 53.3 Å². The number of sulfonamides is 1. The van der Waals surface area contributed by atoms with Crippen LogP contribution in [0.3, 0.4) is 0 Å². The number of nitrogens with one attached hydrogen (secondary N) is 2. The molecule has 2 aromatic carbocycles. The first kappa shape index (κ1) is 32.6. The van der Waals surface area contributed by atoms with Gasteiger partial charge in [0.2, 0.25) is 0 Å². The van der Waals surface area contributed by atoms with E-state index in [9.17, 15) is 36.3 Å². The van der Waals surface area contributed by atoms with Crippen LogP contribution in [0, 0.1) is 5.92 Å². The maximum atomic E-state index is 13.6. The first-order valence-corrected chi connectivity index (χ1v) is 15.0. The minimum absolute atomic E-state index is 0.0245. The third-order valence-corrected chi connectivity index (χ3v) is 8.40. The molecule has 0 saturated heterocycles. The van der Waals surface area contributed by atoms with Crippen molar-refractivity contribution in [3.05, 3.63) is 66.1 Å². The van der Waals surface area contributed by atoms with Gasteiger partial charge in [0, 0.05) is 44.1 Å². The summed E-state index contributed by atoms with van der Waals surface area (Å²) in [5, 5.41) is 12.2. The number of ether oxygens (including phenoxy) is 1. The number of fused-ring (bicyclic) bond motifs is 1. The average molecular weight is 639 g/mol. The number of rotatable bonds is 8. The van der Waals surface area contributed by atoms with Gasteiger partial charge >= 0.3 is 12.2 Å². The van der Waals surface area contributed by atoms with E-state index in [0.717, 1.165) is 24.3 Å². The van der Waals surface area contributed by atoms with E-state index in [0.29, 0.717) is 0 Å². The molecule has 0 radical (unpaired) electrons. The molecule has 3 atom stereocenters. The van der Waals surface area contributed by atoms with Crippen LogP contribution in [0.25, 0.3) is 0 Å². The number of hydrogen-bond acceptors (Lipinski definition) is 7. The van der Waals surface area contributed by atoms with Gasteiger partial charge in [-0.25, -0.2) is 9.78 Å². The predicted molar refractivity (Wildman–Crippen MR) is 155 cm³/mol. The number of carbonyl (C=O) groups excluding carboxylic acids is 2. The molecular formula is C28H33F3N6O6S. The minimum atomic E-state index is -4.51. The van der Waals surface area contributed by atoms with Gasteiger partial charge in [0.15, 0.2) is 5.03 Å². The number of nitrogens with zero attached hydrogens (tertiary/aromatic N) is 4. The first-order chi connectivity index (χ1) is 20.6. The average Bonchev–Trinajstić information content (AvgIpc) is 3.41. The molecule has 0 saturated carbocycles. The molecule has 0 aliphatic carbocycles. The number of alkyl halides is 3. The molecule has 0 spiro atoms.